The van der Waals surface area contributed by atoms with Gasteiger partial charge in [-0.1, -0.05) is 41.4 Å². The van der Waals surface area contributed by atoms with Crippen molar-refractivity contribution in [2.75, 3.05) is 14.2 Å². The van der Waals surface area contributed by atoms with Crippen molar-refractivity contribution in [2.45, 2.75) is 0 Å². The number of rotatable bonds is 4. The maximum absolute atomic E-state index is 6.12. The Balaban J connectivity index is 2.31. The lowest BCUT2D eigenvalue weighted by Crippen LogP contribution is -2.02. The third-order valence-electron chi connectivity index (χ3n) is 3.98. The Morgan fingerprint density at radius 1 is 0.720 bits per heavy atom. The zero-order chi connectivity index (χ0) is 18.0. The highest BCUT2D eigenvalue weighted by atomic mass is 35.5. The molecule has 3 aromatic carbocycles. The number of methoxy groups -OCH3 is 2. The van der Waals surface area contributed by atoms with E-state index in [0.29, 0.717) is 10.0 Å². The van der Waals surface area contributed by atoms with E-state index < -0.39 is 0 Å². The van der Waals surface area contributed by atoms with E-state index in [1.54, 1.807) is 14.2 Å². The molecule has 5 heteroatoms. The molecule has 0 heterocycles. The van der Waals surface area contributed by atoms with Crippen LogP contribution in [0.4, 0.5) is 0 Å². The van der Waals surface area contributed by atoms with Gasteiger partial charge in [-0.3, -0.25) is 0 Å². The largest absolute Gasteiger partial charge is 0.496 e. The fraction of sp³-hybridized carbons (Fsp3) is 0.100. The number of hydrogen-bond donors (Lipinski definition) is 0. The number of hydrogen-bond acceptors (Lipinski definition) is 2. The maximum atomic E-state index is 6.12. The second-order valence-electron chi connectivity index (χ2n) is 5.46. The van der Waals surface area contributed by atoms with Crippen molar-refractivity contribution in [2.24, 2.45) is 0 Å². The van der Waals surface area contributed by atoms with E-state index in [9.17, 15) is 0 Å². The second-order valence-corrected chi connectivity index (χ2v) is 6.95. The highest BCUT2D eigenvalue weighted by molar-refractivity contribution is 7.28. The van der Waals surface area contributed by atoms with Gasteiger partial charge in [-0.2, -0.15) is 0 Å². The number of benzene rings is 3. The summed E-state index contributed by atoms with van der Waals surface area (Å²) in [5.74, 6) is 1.44. The SMILES string of the molecule is COc1cc(Cl)ccc1-c1cccc(P)c1-c1ccc(Cl)cc1OC. The van der Waals surface area contributed by atoms with Crippen molar-refractivity contribution in [3.63, 3.8) is 0 Å². The van der Waals surface area contributed by atoms with E-state index in [1.165, 1.54) is 0 Å². The van der Waals surface area contributed by atoms with Crippen LogP contribution < -0.4 is 14.8 Å². The first-order valence-electron chi connectivity index (χ1n) is 7.61. The molecule has 0 fully saturated rings. The van der Waals surface area contributed by atoms with Gasteiger partial charge in [0.15, 0.2) is 0 Å². The molecule has 0 saturated heterocycles. The second kappa shape index (κ2) is 7.66. The molecule has 0 amide bonds. The van der Waals surface area contributed by atoms with Crippen LogP contribution in [0.25, 0.3) is 22.3 Å². The van der Waals surface area contributed by atoms with Gasteiger partial charge in [-0.25, -0.2) is 0 Å². The Bertz CT molecular complexity index is 926. The van der Waals surface area contributed by atoms with Gasteiger partial charge in [-0.05, 0) is 47.3 Å². The van der Waals surface area contributed by atoms with Gasteiger partial charge in [0.2, 0.25) is 0 Å². The van der Waals surface area contributed by atoms with Gasteiger partial charge >= 0.3 is 0 Å². The lowest BCUT2D eigenvalue weighted by Gasteiger charge is -2.18. The van der Waals surface area contributed by atoms with Crippen molar-refractivity contribution in [1.82, 2.24) is 0 Å². The smallest absolute Gasteiger partial charge is 0.128 e. The summed E-state index contributed by atoms with van der Waals surface area (Å²) in [6.45, 7) is 0. The Morgan fingerprint density at radius 2 is 1.28 bits per heavy atom. The summed E-state index contributed by atoms with van der Waals surface area (Å²) in [5.41, 5.74) is 4.00. The van der Waals surface area contributed by atoms with Crippen LogP contribution in [0.15, 0.2) is 54.6 Å². The molecule has 128 valence electrons. The molecule has 0 N–H and O–H groups in total. The van der Waals surface area contributed by atoms with Gasteiger partial charge in [0.1, 0.15) is 11.5 Å². The molecule has 0 saturated carbocycles. The van der Waals surface area contributed by atoms with Gasteiger partial charge in [0.25, 0.3) is 0 Å². The Labute approximate surface area is 159 Å². The highest BCUT2D eigenvalue weighted by Gasteiger charge is 2.17. The zero-order valence-corrected chi connectivity index (χ0v) is 16.5. The van der Waals surface area contributed by atoms with Crippen LogP contribution >= 0.6 is 32.4 Å². The summed E-state index contributed by atoms with van der Waals surface area (Å²) in [6, 6.07) is 17.4. The minimum absolute atomic E-state index is 0.632. The van der Waals surface area contributed by atoms with E-state index in [4.69, 9.17) is 32.7 Å². The molecule has 3 rings (SSSR count). The Hall–Kier alpha value is -1.73. The fourth-order valence-corrected chi connectivity index (χ4v) is 3.60. The van der Waals surface area contributed by atoms with Crippen molar-refractivity contribution in [1.29, 1.82) is 0 Å². The fourth-order valence-electron chi connectivity index (χ4n) is 2.85. The van der Waals surface area contributed by atoms with E-state index in [1.807, 2.05) is 48.5 Å². The summed E-state index contributed by atoms with van der Waals surface area (Å²) >= 11 is 12.2. The van der Waals surface area contributed by atoms with Crippen LogP contribution in [0.1, 0.15) is 0 Å². The van der Waals surface area contributed by atoms with Crippen LogP contribution in [0.3, 0.4) is 0 Å². The molecule has 0 bridgehead atoms. The average Bonchev–Trinajstić information content (AvgIpc) is 2.61. The molecule has 0 aliphatic rings. The van der Waals surface area contributed by atoms with Crippen LogP contribution in [0, 0.1) is 0 Å². The Morgan fingerprint density at radius 3 is 1.88 bits per heavy atom. The molecule has 1 atom stereocenters. The average molecular weight is 391 g/mol. The topological polar surface area (TPSA) is 18.5 Å². The highest BCUT2D eigenvalue weighted by Crippen LogP contribution is 2.41. The quantitative estimate of drug-likeness (QED) is 0.520. The first-order chi connectivity index (χ1) is 12.0. The molecule has 2 nitrogen and oxygen atoms in total. The van der Waals surface area contributed by atoms with Crippen LogP contribution in [-0.4, -0.2) is 14.2 Å². The normalized spacial score (nSPS) is 10.6. The first-order valence-corrected chi connectivity index (χ1v) is 8.94. The predicted octanol–water partition coefficient (Wildman–Crippen LogP) is 5.85. The van der Waals surface area contributed by atoms with Crippen LogP contribution in [-0.2, 0) is 0 Å². The van der Waals surface area contributed by atoms with E-state index in [2.05, 4.69) is 15.3 Å². The molecule has 25 heavy (non-hydrogen) atoms. The summed E-state index contributed by atoms with van der Waals surface area (Å²) < 4.78 is 11.1. The van der Waals surface area contributed by atoms with Crippen molar-refractivity contribution in [3.05, 3.63) is 64.6 Å². The third kappa shape index (κ3) is 3.62. The molecule has 1 unspecified atom stereocenters. The molecule has 0 radical (unpaired) electrons. The monoisotopic (exact) mass is 390 g/mol. The van der Waals surface area contributed by atoms with Gasteiger partial charge in [-0.15, -0.1) is 9.24 Å². The summed E-state index contributed by atoms with van der Waals surface area (Å²) in [6.07, 6.45) is 0. The number of halogens is 2. The molecular weight excluding hydrogens is 374 g/mol. The van der Waals surface area contributed by atoms with Crippen molar-refractivity contribution < 1.29 is 9.47 Å². The Kier molecular flexibility index (Phi) is 5.54. The summed E-state index contributed by atoms with van der Waals surface area (Å²) in [5, 5.41) is 2.32. The molecule has 3 aromatic rings. The summed E-state index contributed by atoms with van der Waals surface area (Å²) in [7, 11) is 6.07. The molecule has 0 aromatic heterocycles. The predicted molar refractivity (Wildman–Crippen MR) is 110 cm³/mol. The molecule has 0 spiro atoms. The maximum Gasteiger partial charge on any atom is 0.128 e. The van der Waals surface area contributed by atoms with E-state index >= 15 is 0 Å². The standard InChI is InChI=1S/C20H17Cl2O2P/c1-23-17-10-12(21)6-8-14(17)15-4-3-5-19(25)20(15)16-9-7-13(22)11-18(16)24-2/h3-11H,25H2,1-2H3. The lowest BCUT2D eigenvalue weighted by molar-refractivity contribution is 0.416. The van der Waals surface area contributed by atoms with Gasteiger partial charge in [0.05, 0.1) is 14.2 Å². The zero-order valence-electron chi connectivity index (χ0n) is 13.8. The van der Waals surface area contributed by atoms with Crippen LogP contribution in [0.2, 0.25) is 10.0 Å². The van der Waals surface area contributed by atoms with Gasteiger partial charge < -0.3 is 9.47 Å². The lowest BCUT2D eigenvalue weighted by atomic mass is 9.93. The molecule has 0 aliphatic heterocycles. The van der Waals surface area contributed by atoms with Crippen molar-refractivity contribution >= 4 is 37.7 Å². The van der Waals surface area contributed by atoms with Crippen LogP contribution in [0.5, 0.6) is 11.5 Å². The molecular formula is C20H17Cl2O2P. The van der Waals surface area contributed by atoms with E-state index in [0.717, 1.165) is 39.1 Å². The minimum atomic E-state index is 0.632. The van der Waals surface area contributed by atoms with Crippen molar-refractivity contribution in [3.8, 4) is 33.8 Å². The van der Waals surface area contributed by atoms with E-state index in [-0.39, 0.29) is 0 Å². The first kappa shape index (κ1) is 18.1. The number of ether oxygens (including phenoxy) is 2. The molecule has 0 aliphatic carbocycles. The summed E-state index contributed by atoms with van der Waals surface area (Å²) in [4.78, 5) is 0. The third-order valence-corrected chi connectivity index (χ3v) is 4.93. The minimum Gasteiger partial charge on any atom is -0.496 e. The van der Waals surface area contributed by atoms with Gasteiger partial charge in [0, 0.05) is 26.7 Å².